The monoisotopic (exact) mass is 342 g/mol. The maximum atomic E-state index is 13.2. The Bertz CT molecular complexity index is 1210. The number of aromatic nitrogens is 6. The molecule has 0 fully saturated rings. The van der Waals surface area contributed by atoms with Crippen LogP contribution in [0, 0.1) is 5.82 Å². The number of H-pyrrole nitrogens is 1. The van der Waals surface area contributed by atoms with Crippen LogP contribution >= 0.6 is 0 Å². The second kappa shape index (κ2) is 5.40. The minimum atomic E-state index is -0.521. The first-order valence-corrected chi connectivity index (χ1v) is 7.85. The van der Waals surface area contributed by atoms with Crippen LogP contribution in [-0.2, 0) is 13.6 Å². The molecule has 4 aromatic rings. The van der Waals surface area contributed by atoms with Gasteiger partial charge in [0.15, 0.2) is 17.0 Å². The highest BCUT2D eigenvalue weighted by Crippen LogP contribution is 2.24. The van der Waals surface area contributed by atoms with Gasteiger partial charge in [0.25, 0.3) is 5.56 Å². The largest absolute Gasteiger partial charge is 0.329 e. The zero-order valence-corrected chi connectivity index (χ0v) is 13.7. The first-order chi connectivity index (χ1) is 12.0. The number of hydrogen-bond acceptors (Lipinski definition) is 4. The lowest BCUT2D eigenvalue weighted by Crippen LogP contribution is -2.29. The van der Waals surface area contributed by atoms with E-state index < -0.39 is 11.2 Å². The number of fused-ring (bicyclic) bond motifs is 3. The highest BCUT2D eigenvalue weighted by Gasteiger charge is 2.22. The van der Waals surface area contributed by atoms with Crippen LogP contribution < -0.4 is 11.2 Å². The number of rotatable bonds is 3. The minimum absolute atomic E-state index is 0.359. The molecule has 1 N–H and O–H groups in total. The van der Waals surface area contributed by atoms with E-state index >= 15 is 0 Å². The first-order valence-electron chi connectivity index (χ1n) is 7.85. The maximum Gasteiger partial charge on any atom is 0.329 e. The fourth-order valence-corrected chi connectivity index (χ4v) is 3.06. The standard InChI is InChI=1S/C16H15FN6O2/c1-3-8-22-11-13(24)18-16(25)21(2)14(11)23-12(19-20-15(22)23)9-4-6-10(17)7-5-9/h4-7H,3,8H2,1-2H3,(H,18,24,25). The van der Waals surface area contributed by atoms with Crippen molar-refractivity contribution in [1.29, 1.82) is 0 Å². The van der Waals surface area contributed by atoms with Crippen LogP contribution in [0.2, 0.25) is 0 Å². The summed E-state index contributed by atoms with van der Waals surface area (Å²) in [4.78, 5) is 26.8. The van der Waals surface area contributed by atoms with E-state index in [0.717, 1.165) is 6.42 Å². The molecule has 0 amide bonds. The van der Waals surface area contributed by atoms with E-state index in [-0.39, 0.29) is 5.82 Å². The molecule has 8 nitrogen and oxygen atoms in total. The molecule has 128 valence electrons. The second-order valence-electron chi connectivity index (χ2n) is 5.81. The Morgan fingerprint density at radius 3 is 2.56 bits per heavy atom. The lowest BCUT2D eigenvalue weighted by Gasteiger charge is -2.03. The number of benzene rings is 1. The normalized spacial score (nSPS) is 11.6. The van der Waals surface area contributed by atoms with Crippen molar-refractivity contribution in [3.63, 3.8) is 0 Å². The summed E-state index contributed by atoms with van der Waals surface area (Å²) < 4.78 is 18.0. The van der Waals surface area contributed by atoms with Crippen LogP contribution in [0.4, 0.5) is 4.39 Å². The van der Waals surface area contributed by atoms with Gasteiger partial charge in [-0.2, -0.15) is 0 Å². The van der Waals surface area contributed by atoms with Crippen LogP contribution in [-0.4, -0.2) is 28.7 Å². The number of imidazole rings is 1. The van der Waals surface area contributed by atoms with Crippen LogP contribution in [0.5, 0.6) is 0 Å². The lowest BCUT2D eigenvalue weighted by molar-refractivity contribution is 0.628. The molecule has 9 heteroatoms. The average Bonchev–Trinajstić information content (AvgIpc) is 3.13. The molecule has 0 unspecified atom stereocenters. The summed E-state index contributed by atoms with van der Waals surface area (Å²) in [5, 5.41) is 8.39. The van der Waals surface area contributed by atoms with Gasteiger partial charge in [-0.3, -0.25) is 14.3 Å². The van der Waals surface area contributed by atoms with E-state index in [1.165, 1.54) is 16.7 Å². The average molecular weight is 342 g/mol. The molecule has 0 aliphatic carbocycles. The van der Waals surface area contributed by atoms with Gasteiger partial charge in [-0.05, 0) is 30.7 Å². The lowest BCUT2D eigenvalue weighted by atomic mass is 10.2. The third kappa shape index (κ3) is 2.12. The number of aromatic amines is 1. The van der Waals surface area contributed by atoms with Crippen molar-refractivity contribution >= 4 is 16.9 Å². The molecular formula is C16H15FN6O2. The summed E-state index contributed by atoms with van der Waals surface area (Å²) in [6.45, 7) is 2.53. The quantitative estimate of drug-likeness (QED) is 0.607. The zero-order valence-electron chi connectivity index (χ0n) is 13.7. The van der Waals surface area contributed by atoms with Crippen molar-refractivity contribution in [2.24, 2.45) is 7.05 Å². The van der Waals surface area contributed by atoms with Gasteiger partial charge in [0, 0.05) is 19.2 Å². The number of nitrogens with one attached hydrogen (secondary N) is 1. The van der Waals surface area contributed by atoms with E-state index in [0.29, 0.717) is 34.9 Å². The SMILES string of the molecule is CCCn1c2c(=O)[nH]c(=O)n(C)c2n2c(-c3ccc(F)cc3)nnc12. The number of aryl methyl sites for hydroxylation is 2. The van der Waals surface area contributed by atoms with Gasteiger partial charge in [0.1, 0.15) is 5.82 Å². The topological polar surface area (TPSA) is 90.0 Å². The summed E-state index contributed by atoms with van der Waals surface area (Å²) in [6, 6.07) is 5.82. The molecule has 0 saturated heterocycles. The maximum absolute atomic E-state index is 13.2. The van der Waals surface area contributed by atoms with Crippen molar-refractivity contribution in [1.82, 2.24) is 28.7 Å². The number of hydrogen-bond donors (Lipinski definition) is 1. The van der Waals surface area contributed by atoms with Crippen LogP contribution in [0.25, 0.3) is 28.3 Å². The third-order valence-electron chi connectivity index (χ3n) is 4.19. The molecule has 1 aromatic carbocycles. The van der Waals surface area contributed by atoms with E-state index in [1.54, 1.807) is 28.1 Å². The van der Waals surface area contributed by atoms with Gasteiger partial charge in [-0.1, -0.05) is 6.92 Å². The summed E-state index contributed by atoms with van der Waals surface area (Å²) >= 11 is 0. The van der Waals surface area contributed by atoms with Gasteiger partial charge in [-0.25, -0.2) is 13.6 Å². The number of halogens is 1. The smallest absolute Gasteiger partial charge is 0.302 e. The zero-order chi connectivity index (χ0) is 17.7. The summed E-state index contributed by atoms with van der Waals surface area (Å²) in [7, 11) is 1.57. The summed E-state index contributed by atoms with van der Waals surface area (Å²) in [5.74, 6) is 0.542. The highest BCUT2D eigenvalue weighted by atomic mass is 19.1. The fraction of sp³-hybridized carbons (Fsp3) is 0.250. The van der Waals surface area contributed by atoms with Crippen molar-refractivity contribution in [3.05, 3.63) is 50.9 Å². The molecule has 0 radical (unpaired) electrons. The van der Waals surface area contributed by atoms with Crippen LogP contribution in [0.15, 0.2) is 33.9 Å². The Balaban J connectivity index is 2.20. The molecular weight excluding hydrogens is 327 g/mol. The molecule has 0 saturated carbocycles. The van der Waals surface area contributed by atoms with E-state index in [4.69, 9.17) is 0 Å². The van der Waals surface area contributed by atoms with Crippen molar-refractivity contribution in [2.45, 2.75) is 19.9 Å². The Kier molecular flexibility index (Phi) is 3.31. The highest BCUT2D eigenvalue weighted by molar-refractivity contribution is 5.79. The second-order valence-corrected chi connectivity index (χ2v) is 5.81. The number of nitrogens with zero attached hydrogens (tertiary/aromatic N) is 5. The van der Waals surface area contributed by atoms with Crippen molar-refractivity contribution < 1.29 is 4.39 Å². The Morgan fingerprint density at radius 2 is 1.88 bits per heavy atom. The summed E-state index contributed by atoms with van der Waals surface area (Å²) in [5.41, 5.74) is 0.407. The van der Waals surface area contributed by atoms with Crippen LogP contribution in [0.1, 0.15) is 13.3 Å². The molecule has 3 heterocycles. The third-order valence-corrected chi connectivity index (χ3v) is 4.19. The Hall–Kier alpha value is -3.23. The molecule has 0 atom stereocenters. The van der Waals surface area contributed by atoms with Crippen molar-refractivity contribution in [3.8, 4) is 11.4 Å². The molecule has 4 rings (SSSR count). The fourth-order valence-electron chi connectivity index (χ4n) is 3.06. The van der Waals surface area contributed by atoms with E-state index in [1.807, 2.05) is 6.92 Å². The van der Waals surface area contributed by atoms with Gasteiger partial charge < -0.3 is 4.57 Å². The molecule has 25 heavy (non-hydrogen) atoms. The first kappa shape index (κ1) is 15.3. The predicted molar refractivity (Wildman–Crippen MR) is 90.0 cm³/mol. The molecule has 0 aliphatic rings. The van der Waals surface area contributed by atoms with Gasteiger partial charge >= 0.3 is 5.69 Å². The van der Waals surface area contributed by atoms with E-state index in [2.05, 4.69) is 15.2 Å². The van der Waals surface area contributed by atoms with E-state index in [9.17, 15) is 14.0 Å². The minimum Gasteiger partial charge on any atom is -0.302 e. The predicted octanol–water partition coefficient (Wildman–Crippen LogP) is 1.29. The molecule has 0 spiro atoms. The molecule has 0 aliphatic heterocycles. The summed E-state index contributed by atoms with van der Waals surface area (Å²) in [6.07, 6.45) is 0.778. The van der Waals surface area contributed by atoms with Crippen LogP contribution in [0.3, 0.4) is 0 Å². The molecule has 0 bridgehead atoms. The van der Waals surface area contributed by atoms with Gasteiger partial charge in [0.2, 0.25) is 5.78 Å². The molecule has 3 aromatic heterocycles. The Morgan fingerprint density at radius 1 is 1.16 bits per heavy atom. The van der Waals surface area contributed by atoms with Crippen molar-refractivity contribution in [2.75, 3.05) is 0 Å². The Labute approximate surface area is 140 Å². The van der Waals surface area contributed by atoms with Gasteiger partial charge in [-0.15, -0.1) is 10.2 Å². The van der Waals surface area contributed by atoms with Gasteiger partial charge in [0.05, 0.1) is 0 Å².